The van der Waals surface area contributed by atoms with Gasteiger partial charge in [0.2, 0.25) is 0 Å². The van der Waals surface area contributed by atoms with E-state index in [1.54, 1.807) is 18.1 Å². The first-order valence-corrected chi connectivity index (χ1v) is 7.03. The number of aromatic nitrogens is 1. The van der Waals surface area contributed by atoms with Gasteiger partial charge in [-0.15, -0.1) is 0 Å². The lowest BCUT2D eigenvalue weighted by Crippen LogP contribution is -2.41. The third-order valence-corrected chi connectivity index (χ3v) is 3.53. The number of likely N-dealkylation sites (N-methyl/N-ethyl adjacent to an activating group) is 1. The number of hydrogen-bond acceptors (Lipinski definition) is 4. The Kier molecular flexibility index (Phi) is 4.75. The van der Waals surface area contributed by atoms with Gasteiger partial charge in [0.1, 0.15) is 11.5 Å². The number of nitrogen functional groups attached to an aromatic ring is 1. The van der Waals surface area contributed by atoms with Gasteiger partial charge in [0.15, 0.2) is 0 Å². The van der Waals surface area contributed by atoms with Crippen LogP contribution in [-0.2, 0) is 4.74 Å². The number of carbonyl (C=O) groups is 1. The number of fused-ring (bicyclic) bond motifs is 1. The van der Waals surface area contributed by atoms with Crippen LogP contribution in [0.2, 0.25) is 0 Å². The Morgan fingerprint density at radius 1 is 1.43 bits per heavy atom. The SMILES string of the molecule is CCN(C(=O)c1cc2ccccc2c(N)n1)C(C)COC. The van der Waals surface area contributed by atoms with Crippen molar-refractivity contribution in [3.63, 3.8) is 0 Å². The summed E-state index contributed by atoms with van der Waals surface area (Å²) >= 11 is 0. The summed E-state index contributed by atoms with van der Waals surface area (Å²) in [6.45, 7) is 4.98. The molecule has 0 radical (unpaired) electrons. The van der Waals surface area contributed by atoms with Crippen LogP contribution in [0.3, 0.4) is 0 Å². The molecule has 0 saturated heterocycles. The van der Waals surface area contributed by atoms with Crippen LogP contribution in [0.5, 0.6) is 0 Å². The summed E-state index contributed by atoms with van der Waals surface area (Å²) in [5, 5.41) is 1.78. The summed E-state index contributed by atoms with van der Waals surface area (Å²) in [6.07, 6.45) is 0. The van der Waals surface area contributed by atoms with Gasteiger partial charge in [-0.05, 0) is 25.3 Å². The van der Waals surface area contributed by atoms with Gasteiger partial charge in [-0.25, -0.2) is 4.98 Å². The van der Waals surface area contributed by atoms with E-state index in [0.29, 0.717) is 24.7 Å². The predicted molar refractivity (Wildman–Crippen MR) is 84.2 cm³/mol. The van der Waals surface area contributed by atoms with Crippen molar-refractivity contribution in [3.8, 4) is 0 Å². The Morgan fingerprint density at radius 3 is 2.81 bits per heavy atom. The number of nitrogens with two attached hydrogens (primary N) is 1. The van der Waals surface area contributed by atoms with Crippen LogP contribution in [0.15, 0.2) is 30.3 Å². The van der Waals surface area contributed by atoms with Crippen LogP contribution in [0.25, 0.3) is 10.8 Å². The quantitative estimate of drug-likeness (QED) is 0.916. The second kappa shape index (κ2) is 6.54. The summed E-state index contributed by atoms with van der Waals surface area (Å²) in [5.41, 5.74) is 6.34. The molecule has 1 aromatic carbocycles. The highest BCUT2D eigenvalue weighted by atomic mass is 16.5. The Labute approximate surface area is 124 Å². The van der Waals surface area contributed by atoms with Gasteiger partial charge in [-0.1, -0.05) is 24.3 Å². The molecule has 1 unspecified atom stereocenters. The molecule has 0 aliphatic rings. The number of nitrogens with zero attached hydrogens (tertiary/aromatic N) is 2. The zero-order valence-electron chi connectivity index (χ0n) is 12.7. The first-order valence-electron chi connectivity index (χ1n) is 7.03. The molecule has 0 bridgehead atoms. The molecule has 0 spiro atoms. The molecule has 0 saturated carbocycles. The van der Waals surface area contributed by atoms with Crippen LogP contribution in [0.4, 0.5) is 5.82 Å². The molecule has 2 rings (SSSR count). The number of ether oxygens (including phenoxy) is 1. The normalized spacial score (nSPS) is 12.3. The molecule has 0 aliphatic carbocycles. The smallest absolute Gasteiger partial charge is 0.272 e. The van der Waals surface area contributed by atoms with E-state index in [1.165, 1.54) is 0 Å². The fourth-order valence-electron chi connectivity index (χ4n) is 2.47. The second-order valence-corrected chi connectivity index (χ2v) is 5.01. The summed E-state index contributed by atoms with van der Waals surface area (Å²) in [4.78, 5) is 18.6. The molecular weight excluding hydrogens is 266 g/mol. The third kappa shape index (κ3) is 3.13. The maximum Gasteiger partial charge on any atom is 0.272 e. The van der Waals surface area contributed by atoms with E-state index in [-0.39, 0.29) is 11.9 Å². The summed E-state index contributed by atoms with van der Waals surface area (Å²) < 4.78 is 5.13. The molecular formula is C16H21N3O2. The van der Waals surface area contributed by atoms with Crippen molar-refractivity contribution >= 4 is 22.5 Å². The predicted octanol–water partition coefficient (Wildman–Crippen LogP) is 2.31. The van der Waals surface area contributed by atoms with Crippen molar-refractivity contribution in [1.29, 1.82) is 0 Å². The van der Waals surface area contributed by atoms with Gasteiger partial charge in [0.25, 0.3) is 5.91 Å². The standard InChI is InChI=1S/C16H21N3O2/c1-4-19(11(2)10-21-3)16(20)14-9-12-7-5-6-8-13(12)15(17)18-14/h5-9,11H,4,10H2,1-3H3,(H2,17,18). The summed E-state index contributed by atoms with van der Waals surface area (Å²) in [5.74, 6) is 0.256. The lowest BCUT2D eigenvalue weighted by molar-refractivity contribution is 0.0574. The highest BCUT2D eigenvalue weighted by Gasteiger charge is 2.21. The molecule has 21 heavy (non-hydrogen) atoms. The van der Waals surface area contributed by atoms with Gasteiger partial charge in [-0.2, -0.15) is 0 Å². The average Bonchev–Trinajstić information content (AvgIpc) is 2.48. The number of hydrogen-bond donors (Lipinski definition) is 1. The van der Waals surface area contributed by atoms with Crippen molar-refractivity contribution in [2.24, 2.45) is 0 Å². The van der Waals surface area contributed by atoms with Crippen molar-refractivity contribution in [3.05, 3.63) is 36.0 Å². The highest BCUT2D eigenvalue weighted by molar-refractivity contribution is 5.99. The highest BCUT2D eigenvalue weighted by Crippen LogP contribution is 2.21. The van der Waals surface area contributed by atoms with Gasteiger partial charge < -0.3 is 15.4 Å². The number of carbonyl (C=O) groups excluding carboxylic acids is 1. The van der Waals surface area contributed by atoms with E-state index in [1.807, 2.05) is 38.1 Å². The van der Waals surface area contributed by atoms with E-state index in [4.69, 9.17) is 10.5 Å². The fraction of sp³-hybridized carbons (Fsp3) is 0.375. The fourth-order valence-corrected chi connectivity index (χ4v) is 2.47. The molecule has 2 aromatic rings. The molecule has 0 aliphatic heterocycles. The minimum Gasteiger partial charge on any atom is -0.383 e. The van der Waals surface area contributed by atoms with E-state index < -0.39 is 0 Å². The maximum atomic E-state index is 12.6. The van der Waals surface area contributed by atoms with Crippen LogP contribution >= 0.6 is 0 Å². The van der Waals surface area contributed by atoms with Crippen LogP contribution in [0.1, 0.15) is 24.3 Å². The lowest BCUT2D eigenvalue weighted by Gasteiger charge is -2.27. The monoisotopic (exact) mass is 287 g/mol. The molecule has 1 aromatic heterocycles. The molecule has 112 valence electrons. The maximum absolute atomic E-state index is 12.6. The van der Waals surface area contributed by atoms with E-state index >= 15 is 0 Å². The van der Waals surface area contributed by atoms with E-state index in [9.17, 15) is 4.79 Å². The molecule has 1 atom stereocenters. The van der Waals surface area contributed by atoms with Gasteiger partial charge in [0.05, 0.1) is 12.6 Å². The van der Waals surface area contributed by atoms with E-state index in [2.05, 4.69) is 4.98 Å². The summed E-state index contributed by atoms with van der Waals surface area (Å²) in [7, 11) is 1.63. The van der Waals surface area contributed by atoms with Crippen LogP contribution < -0.4 is 5.73 Å². The molecule has 5 nitrogen and oxygen atoms in total. The van der Waals surface area contributed by atoms with Crippen molar-refractivity contribution in [2.45, 2.75) is 19.9 Å². The molecule has 2 N–H and O–H groups in total. The van der Waals surface area contributed by atoms with Crippen molar-refractivity contribution in [2.75, 3.05) is 26.0 Å². The zero-order chi connectivity index (χ0) is 15.4. The Balaban J connectivity index is 2.38. The molecule has 5 heteroatoms. The second-order valence-electron chi connectivity index (χ2n) is 5.01. The number of rotatable bonds is 5. The number of benzene rings is 1. The molecule has 1 amide bonds. The lowest BCUT2D eigenvalue weighted by atomic mass is 10.1. The van der Waals surface area contributed by atoms with Crippen LogP contribution in [-0.4, -0.2) is 42.1 Å². The zero-order valence-corrected chi connectivity index (χ0v) is 12.7. The van der Waals surface area contributed by atoms with Crippen molar-refractivity contribution < 1.29 is 9.53 Å². The van der Waals surface area contributed by atoms with Gasteiger partial charge in [-0.3, -0.25) is 4.79 Å². The molecule has 1 heterocycles. The Morgan fingerprint density at radius 2 is 2.14 bits per heavy atom. The Hall–Kier alpha value is -2.14. The van der Waals surface area contributed by atoms with Gasteiger partial charge in [0, 0.05) is 19.0 Å². The summed E-state index contributed by atoms with van der Waals surface area (Å²) in [6, 6.07) is 9.43. The molecule has 0 fully saturated rings. The van der Waals surface area contributed by atoms with Crippen molar-refractivity contribution in [1.82, 2.24) is 9.88 Å². The van der Waals surface area contributed by atoms with Crippen LogP contribution in [0, 0.1) is 0 Å². The first kappa shape index (κ1) is 15.3. The minimum absolute atomic E-state index is 0.0120. The van der Waals surface area contributed by atoms with Gasteiger partial charge >= 0.3 is 0 Å². The number of pyridine rings is 1. The number of amides is 1. The third-order valence-electron chi connectivity index (χ3n) is 3.53. The average molecular weight is 287 g/mol. The number of anilines is 1. The topological polar surface area (TPSA) is 68.5 Å². The Bertz CT molecular complexity index is 642. The number of methoxy groups -OCH3 is 1. The largest absolute Gasteiger partial charge is 0.383 e. The minimum atomic E-state index is -0.125. The first-order chi connectivity index (χ1) is 10.1. The van der Waals surface area contributed by atoms with E-state index in [0.717, 1.165) is 10.8 Å².